The molecule has 0 radical (unpaired) electrons. The zero-order valence-corrected chi connectivity index (χ0v) is 10.8. The van der Waals surface area contributed by atoms with Crippen molar-refractivity contribution in [1.82, 2.24) is 5.32 Å². The molecule has 0 bridgehead atoms. The summed E-state index contributed by atoms with van der Waals surface area (Å²) in [6.45, 7) is 9.58. The van der Waals surface area contributed by atoms with Crippen molar-refractivity contribution in [3.05, 3.63) is 0 Å². The second-order valence-electron chi connectivity index (χ2n) is 4.19. The van der Waals surface area contributed by atoms with E-state index in [4.69, 9.17) is 4.74 Å². The molecule has 0 aliphatic carbocycles. The molecular formula is C13H29NO. The van der Waals surface area contributed by atoms with Gasteiger partial charge in [0.25, 0.3) is 0 Å². The van der Waals surface area contributed by atoms with Gasteiger partial charge in [0.15, 0.2) is 0 Å². The highest BCUT2D eigenvalue weighted by atomic mass is 16.5. The van der Waals surface area contributed by atoms with Gasteiger partial charge in [-0.05, 0) is 25.8 Å². The molecule has 92 valence electrons. The van der Waals surface area contributed by atoms with Crippen LogP contribution in [0.15, 0.2) is 0 Å². The van der Waals surface area contributed by atoms with Crippen molar-refractivity contribution in [3.8, 4) is 0 Å². The van der Waals surface area contributed by atoms with Crippen LogP contribution in [0.3, 0.4) is 0 Å². The second-order valence-corrected chi connectivity index (χ2v) is 4.19. The molecule has 15 heavy (non-hydrogen) atoms. The van der Waals surface area contributed by atoms with E-state index >= 15 is 0 Å². The smallest absolute Gasteiger partial charge is 0.0619 e. The highest BCUT2D eigenvalue weighted by Crippen LogP contribution is 2.00. The van der Waals surface area contributed by atoms with Crippen LogP contribution in [0.25, 0.3) is 0 Å². The third kappa shape index (κ3) is 10.2. The van der Waals surface area contributed by atoms with Crippen molar-refractivity contribution in [2.24, 2.45) is 0 Å². The molecule has 0 aliphatic heterocycles. The van der Waals surface area contributed by atoms with Gasteiger partial charge in [0, 0.05) is 12.6 Å². The molecule has 0 spiro atoms. The topological polar surface area (TPSA) is 21.3 Å². The molecule has 0 aromatic rings. The first-order chi connectivity index (χ1) is 7.35. The Bertz CT molecular complexity index is 117. The predicted molar refractivity (Wildman–Crippen MR) is 67.3 cm³/mol. The zero-order valence-electron chi connectivity index (χ0n) is 10.8. The van der Waals surface area contributed by atoms with Gasteiger partial charge in [-0.25, -0.2) is 0 Å². The lowest BCUT2D eigenvalue weighted by Gasteiger charge is -2.16. The highest BCUT2D eigenvalue weighted by molar-refractivity contribution is 4.62. The maximum Gasteiger partial charge on any atom is 0.0619 e. The van der Waals surface area contributed by atoms with Gasteiger partial charge in [0.2, 0.25) is 0 Å². The molecule has 2 nitrogen and oxygen atoms in total. The summed E-state index contributed by atoms with van der Waals surface area (Å²) < 4.78 is 5.67. The van der Waals surface area contributed by atoms with E-state index in [0.717, 1.165) is 26.2 Å². The van der Waals surface area contributed by atoms with Crippen LogP contribution < -0.4 is 5.32 Å². The van der Waals surface area contributed by atoms with Crippen LogP contribution >= 0.6 is 0 Å². The van der Waals surface area contributed by atoms with E-state index in [1.807, 2.05) is 0 Å². The Hall–Kier alpha value is -0.0800. The molecule has 0 aliphatic rings. The SMILES string of the molecule is CCCCCCOCC(CC)NCCC. The Morgan fingerprint density at radius 1 is 1.00 bits per heavy atom. The minimum Gasteiger partial charge on any atom is -0.380 e. The monoisotopic (exact) mass is 215 g/mol. The van der Waals surface area contributed by atoms with Crippen molar-refractivity contribution in [2.75, 3.05) is 19.8 Å². The van der Waals surface area contributed by atoms with Crippen LogP contribution in [0.2, 0.25) is 0 Å². The van der Waals surface area contributed by atoms with Gasteiger partial charge in [0.05, 0.1) is 6.61 Å². The fourth-order valence-electron chi connectivity index (χ4n) is 1.53. The highest BCUT2D eigenvalue weighted by Gasteiger charge is 2.03. The Morgan fingerprint density at radius 3 is 2.40 bits per heavy atom. The number of ether oxygens (including phenoxy) is 1. The standard InChI is InChI=1S/C13H29NO/c1-4-7-8-9-11-15-12-13(6-3)14-10-5-2/h13-14H,4-12H2,1-3H3. The summed E-state index contributed by atoms with van der Waals surface area (Å²) in [5, 5.41) is 3.50. The summed E-state index contributed by atoms with van der Waals surface area (Å²) in [5.74, 6) is 0. The summed E-state index contributed by atoms with van der Waals surface area (Å²) in [5.41, 5.74) is 0. The van der Waals surface area contributed by atoms with E-state index in [2.05, 4.69) is 26.1 Å². The van der Waals surface area contributed by atoms with Crippen molar-refractivity contribution in [2.45, 2.75) is 65.3 Å². The first-order valence-corrected chi connectivity index (χ1v) is 6.66. The van der Waals surface area contributed by atoms with Crippen LogP contribution in [-0.2, 0) is 4.74 Å². The number of unbranched alkanes of at least 4 members (excludes halogenated alkanes) is 3. The van der Waals surface area contributed by atoms with Crippen LogP contribution in [0.1, 0.15) is 59.3 Å². The normalized spacial score (nSPS) is 13.0. The molecule has 1 unspecified atom stereocenters. The molecule has 1 N–H and O–H groups in total. The Balaban J connectivity index is 3.22. The van der Waals surface area contributed by atoms with Gasteiger partial charge >= 0.3 is 0 Å². The lowest BCUT2D eigenvalue weighted by molar-refractivity contribution is 0.106. The van der Waals surface area contributed by atoms with Crippen LogP contribution in [0, 0.1) is 0 Å². The average molecular weight is 215 g/mol. The molecule has 0 rings (SSSR count). The quantitative estimate of drug-likeness (QED) is 0.534. The van der Waals surface area contributed by atoms with Crippen molar-refractivity contribution >= 4 is 0 Å². The molecular weight excluding hydrogens is 186 g/mol. The lowest BCUT2D eigenvalue weighted by Crippen LogP contribution is -2.33. The van der Waals surface area contributed by atoms with Gasteiger partial charge in [-0.3, -0.25) is 0 Å². The molecule has 1 atom stereocenters. The van der Waals surface area contributed by atoms with Crippen molar-refractivity contribution in [1.29, 1.82) is 0 Å². The first-order valence-electron chi connectivity index (χ1n) is 6.66. The minimum atomic E-state index is 0.552. The molecule has 0 heterocycles. The third-order valence-electron chi connectivity index (χ3n) is 2.64. The fraction of sp³-hybridized carbons (Fsp3) is 1.00. The van der Waals surface area contributed by atoms with Gasteiger partial charge in [-0.1, -0.05) is 40.0 Å². The Kier molecular flexibility index (Phi) is 11.9. The minimum absolute atomic E-state index is 0.552. The van der Waals surface area contributed by atoms with E-state index in [0.29, 0.717) is 6.04 Å². The molecule has 0 aromatic heterocycles. The van der Waals surface area contributed by atoms with E-state index in [1.54, 1.807) is 0 Å². The maximum absolute atomic E-state index is 5.67. The fourth-order valence-corrected chi connectivity index (χ4v) is 1.53. The Labute approximate surface area is 95.8 Å². The zero-order chi connectivity index (χ0) is 11.4. The number of rotatable bonds is 11. The number of hydrogen-bond donors (Lipinski definition) is 1. The van der Waals surface area contributed by atoms with E-state index in [9.17, 15) is 0 Å². The summed E-state index contributed by atoms with van der Waals surface area (Å²) in [6.07, 6.45) is 7.54. The average Bonchev–Trinajstić information content (AvgIpc) is 2.27. The van der Waals surface area contributed by atoms with Gasteiger partial charge in [0.1, 0.15) is 0 Å². The molecule has 2 heteroatoms. The summed E-state index contributed by atoms with van der Waals surface area (Å²) in [6, 6.07) is 0.552. The van der Waals surface area contributed by atoms with E-state index < -0.39 is 0 Å². The number of hydrogen-bond acceptors (Lipinski definition) is 2. The van der Waals surface area contributed by atoms with Crippen LogP contribution in [0.4, 0.5) is 0 Å². The summed E-state index contributed by atoms with van der Waals surface area (Å²) in [4.78, 5) is 0. The molecule has 0 amide bonds. The summed E-state index contributed by atoms with van der Waals surface area (Å²) in [7, 11) is 0. The lowest BCUT2D eigenvalue weighted by atomic mass is 10.2. The Morgan fingerprint density at radius 2 is 1.80 bits per heavy atom. The predicted octanol–water partition coefficient (Wildman–Crippen LogP) is 3.36. The van der Waals surface area contributed by atoms with Gasteiger partial charge < -0.3 is 10.1 Å². The van der Waals surface area contributed by atoms with E-state index in [1.165, 1.54) is 32.1 Å². The largest absolute Gasteiger partial charge is 0.380 e. The maximum atomic E-state index is 5.67. The van der Waals surface area contributed by atoms with Crippen molar-refractivity contribution in [3.63, 3.8) is 0 Å². The molecule has 0 saturated heterocycles. The second kappa shape index (κ2) is 12.0. The van der Waals surface area contributed by atoms with Crippen LogP contribution in [0.5, 0.6) is 0 Å². The molecule has 0 aromatic carbocycles. The number of nitrogens with one attached hydrogen (secondary N) is 1. The first kappa shape index (κ1) is 14.9. The van der Waals surface area contributed by atoms with E-state index in [-0.39, 0.29) is 0 Å². The molecule has 0 saturated carbocycles. The van der Waals surface area contributed by atoms with Gasteiger partial charge in [-0.15, -0.1) is 0 Å². The van der Waals surface area contributed by atoms with Gasteiger partial charge in [-0.2, -0.15) is 0 Å². The van der Waals surface area contributed by atoms with Crippen molar-refractivity contribution < 1.29 is 4.74 Å². The van der Waals surface area contributed by atoms with Crippen LogP contribution in [-0.4, -0.2) is 25.8 Å². The molecule has 0 fully saturated rings. The third-order valence-corrected chi connectivity index (χ3v) is 2.64. The summed E-state index contributed by atoms with van der Waals surface area (Å²) >= 11 is 0.